The van der Waals surface area contributed by atoms with Crippen LogP contribution in [-0.2, 0) is 16.6 Å². The molecule has 1 heterocycles. The predicted molar refractivity (Wildman–Crippen MR) is 105 cm³/mol. The molecule has 3 aromatic rings. The van der Waals surface area contributed by atoms with Crippen LogP contribution in [0, 0.1) is 0 Å². The summed E-state index contributed by atoms with van der Waals surface area (Å²) in [6.07, 6.45) is 0. The van der Waals surface area contributed by atoms with Crippen LogP contribution < -0.4 is 10.0 Å². The number of nitrogens with one attached hydrogen (secondary N) is 2. The summed E-state index contributed by atoms with van der Waals surface area (Å²) in [4.78, 5) is 4.67. The van der Waals surface area contributed by atoms with Crippen LogP contribution in [0.2, 0.25) is 5.15 Å². The Morgan fingerprint density at radius 3 is 2.65 bits per heavy atom. The zero-order valence-corrected chi connectivity index (χ0v) is 16.1. The number of aromatic nitrogens is 1. The SMILES string of the molecule is CNS(=O)(=O)c1cccc(C(C)NCc2cc3ccccc3nc2Cl)c1. The van der Waals surface area contributed by atoms with Gasteiger partial charge in [0.2, 0.25) is 10.0 Å². The topological polar surface area (TPSA) is 71.1 Å². The molecule has 26 heavy (non-hydrogen) atoms. The zero-order valence-electron chi connectivity index (χ0n) is 14.5. The number of rotatable bonds is 6. The Morgan fingerprint density at radius 2 is 1.88 bits per heavy atom. The molecule has 0 fully saturated rings. The standard InChI is InChI=1S/C19H20ClN3O2S/c1-13(14-7-5-8-17(11-14)26(24,25)21-2)22-12-16-10-15-6-3-4-9-18(15)23-19(16)20/h3-11,13,21-22H,12H2,1-2H3. The highest BCUT2D eigenvalue weighted by molar-refractivity contribution is 7.89. The van der Waals surface area contributed by atoms with Crippen molar-refractivity contribution in [2.75, 3.05) is 7.05 Å². The number of pyridine rings is 1. The smallest absolute Gasteiger partial charge is 0.240 e. The van der Waals surface area contributed by atoms with E-state index in [0.717, 1.165) is 22.0 Å². The molecule has 5 nitrogen and oxygen atoms in total. The molecule has 0 bridgehead atoms. The molecule has 0 radical (unpaired) electrons. The van der Waals surface area contributed by atoms with E-state index in [1.165, 1.54) is 7.05 Å². The Kier molecular flexibility index (Phi) is 5.58. The Bertz CT molecular complexity index is 1040. The highest BCUT2D eigenvalue weighted by atomic mass is 35.5. The van der Waals surface area contributed by atoms with Crippen molar-refractivity contribution in [1.29, 1.82) is 0 Å². The van der Waals surface area contributed by atoms with Crippen molar-refractivity contribution >= 4 is 32.5 Å². The number of sulfonamides is 1. The molecule has 0 saturated heterocycles. The van der Waals surface area contributed by atoms with Crippen LogP contribution in [0.25, 0.3) is 10.9 Å². The van der Waals surface area contributed by atoms with Crippen molar-refractivity contribution in [3.63, 3.8) is 0 Å². The second kappa shape index (κ2) is 7.72. The van der Waals surface area contributed by atoms with Gasteiger partial charge in [0.1, 0.15) is 5.15 Å². The number of fused-ring (bicyclic) bond motifs is 1. The van der Waals surface area contributed by atoms with Gasteiger partial charge in [0.15, 0.2) is 0 Å². The average Bonchev–Trinajstić information content (AvgIpc) is 2.66. The van der Waals surface area contributed by atoms with Crippen molar-refractivity contribution in [3.05, 3.63) is 70.9 Å². The van der Waals surface area contributed by atoms with Gasteiger partial charge in [-0.25, -0.2) is 18.1 Å². The zero-order chi connectivity index (χ0) is 18.7. The molecule has 0 amide bonds. The maximum absolute atomic E-state index is 12.0. The van der Waals surface area contributed by atoms with Crippen molar-refractivity contribution in [3.8, 4) is 0 Å². The molecule has 1 atom stereocenters. The minimum atomic E-state index is -3.46. The minimum absolute atomic E-state index is 0.0513. The van der Waals surface area contributed by atoms with E-state index < -0.39 is 10.0 Å². The third-order valence-electron chi connectivity index (χ3n) is 4.29. The van der Waals surface area contributed by atoms with Crippen molar-refractivity contribution < 1.29 is 8.42 Å². The summed E-state index contributed by atoms with van der Waals surface area (Å²) in [6, 6.07) is 16.7. The third-order valence-corrected chi connectivity index (χ3v) is 6.03. The second-order valence-electron chi connectivity index (χ2n) is 6.01. The van der Waals surface area contributed by atoms with Crippen molar-refractivity contribution in [2.45, 2.75) is 24.4 Å². The molecule has 0 aliphatic rings. The van der Waals surface area contributed by atoms with Crippen LogP contribution in [0.4, 0.5) is 0 Å². The van der Waals surface area contributed by atoms with Gasteiger partial charge in [-0.15, -0.1) is 0 Å². The lowest BCUT2D eigenvalue weighted by atomic mass is 10.1. The lowest BCUT2D eigenvalue weighted by Gasteiger charge is -2.16. The maximum Gasteiger partial charge on any atom is 0.240 e. The molecule has 0 spiro atoms. The fourth-order valence-corrected chi connectivity index (χ4v) is 3.71. The molecule has 3 rings (SSSR count). The summed E-state index contributed by atoms with van der Waals surface area (Å²) >= 11 is 6.30. The molecule has 1 aromatic heterocycles. The van der Waals surface area contributed by atoms with Gasteiger partial charge >= 0.3 is 0 Å². The molecule has 0 aliphatic heterocycles. The van der Waals surface area contributed by atoms with Crippen molar-refractivity contribution in [2.24, 2.45) is 0 Å². The number of halogens is 1. The monoisotopic (exact) mass is 389 g/mol. The van der Waals surface area contributed by atoms with E-state index in [9.17, 15) is 8.42 Å². The summed E-state index contributed by atoms with van der Waals surface area (Å²) in [7, 11) is -2.06. The van der Waals surface area contributed by atoms with Crippen LogP contribution >= 0.6 is 11.6 Å². The van der Waals surface area contributed by atoms with Crippen LogP contribution in [-0.4, -0.2) is 20.4 Å². The lowest BCUT2D eigenvalue weighted by Crippen LogP contribution is -2.21. The lowest BCUT2D eigenvalue weighted by molar-refractivity contribution is 0.571. The molecule has 1 unspecified atom stereocenters. The first kappa shape index (κ1) is 18.8. The van der Waals surface area contributed by atoms with E-state index >= 15 is 0 Å². The highest BCUT2D eigenvalue weighted by Gasteiger charge is 2.14. The first-order valence-corrected chi connectivity index (χ1v) is 10.1. The highest BCUT2D eigenvalue weighted by Crippen LogP contribution is 2.22. The van der Waals surface area contributed by atoms with Gasteiger partial charge < -0.3 is 5.32 Å². The summed E-state index contributed by atoms with van der Waals surface area (Å²) in [5.74, 6) is 0. The Morgan fingerprint density at radius 1 is 1.12 bits per heavy atom. The van der Waals surface area contributed by atoms with Gasteiger partial charge in [0.05, 0.1) is 10.4 Å². The fraction of sp³-hybridized carbons (Fsp3) is 0.211. The van der Waals surface area contributed by atoms with Gasteiger partial charge in [0.25, 0.3) is 0 Å². The van der Waals surface area contributed by atoms with E-state index in [0.29, 0.717) is 11.7 Å². The summed E-state index contributed by atoms with van der Waals surface area (Å²) < 4.78 is 26.3. The molecule has 136 valence electrons. The average molecular weight is 390 g/mol. The molecule has 2 N–H and O–H groups in total. The molecule has 7 heteroatoms. The summed E-state index contributed by atoms with van der Waals surface area (Å²) in [6.45, 7) is 2.51. The van der Waals surface area contributed by atoms with Crippen LogP contribution in [0.15, 0.2) is 59.5 Å². The van der Waals surface area contributed by atoms with Gasteiger partial charge in [-0.2, -0.15) is 0 Å². The first-order chi connectivity index (χ1) is 12.4. The Balaban J connectivity index is 1.78. The van der Waals surface area contributed by atoms with Crippen LogP contribution in [0.3, 0.4) is 0 Å². The maximum atomic E-state index is 12.0. The first-order valence-electron chi connectivity index (χ1n) is 8.22. The molecule has 2 aromatic carbocycles. The van der Waals surface area contributed by atoms with Crippen molar-refractivity contribution in [1.82, 2.24) is 15.0 Å². The van der Waals surface area contributed by atoms with Gasteiger partial charge in [-0.3, -0.25) is 0 Å². The summed E-state index contributed by atoms with van der Waals surface area (Å²) in [5.41, 5.74) is 2.64. The van der Waals surface area contributed by atoms with Gasteiger partial charge in [-0.05, 0) is 43.8 Å². The number of nitrogens with zero attached hydrogens (tertiary/aromatic N) is 1. The van der Waals surface area contributed by atoms with E-state index in [1.54, 1.807) is 18.2 Å². The Hall–Kier alpha value is -1.99. The Labute approximate surface area is 158 Å². The molecule has 0 saturated carbocycles. The number of benzene rings is 2. The van der Waals surface area contributed by atoms with E-state index in [-0.39, 0.29) is 10.9 Å². The number of hydrogen-bond acceptors (Lipinski definition) is 4. The van der Waals surface area contributed by atoms with Crippen LogP contribution in [0.5, 0.6) is 0 Å². The van der Waals surface area contributed by atoms with E-state index in [1.807, 2.05) is 43.3 Å². The van der Waals surface area contributed by atoms with Gasteiger partial charge in [-0.1, -0.05) is 41.9 Å². The minimum Gasteiger partial charge on any atom is -0.306 e. The summed E-state index contributed by atoms with van der Waals surface area (Å²) in [5, 5.41) is 4.88. The largest absolute Gasteiger partial charge is 0.306 e. The number of para-hydroxylation sites is 1. The number of hydrogen-bond donors (Lipinski definition) is 2. The molecular weight excluding hydrogens is 370 g/mol. The van der Waals surface area contributed by atoms with Crippen LogP contribution in [0.1, 0.15) is 24.1 Å². The molecular formula is C19H20ClN3O2S. The third kappa shape index (κ3) is 4.04. The van der Waals surface area contributed by atoms with Gasteiger partial charge in [0, 0.05) is 23.5 Å². The predicted octanol–water partition coefficient (Wildman–Crippen LogP) is 3.65. The normalized spacial score (nSPS) is 13.0. The quantitative estimate of drug-likeness (QED) is 0.631. The second-order valence-corrected chi connectivity index (χ2v) is 8.26. The fourth-order valence-electron chi connectivity index (χ4n) is 2.71. The van der Waals surface area contributed by atoms with E-state index in [4.69, 9.17) is 11.6 Å². The molecule has 0 aliphatic carbocycles. The van der Waals surface area contributed by atoms with E-state index in [2.05, 4.69) is 15.0 Å².